The van der Waals surface area contributed by atoms with E-state index >= 15 is 0 Å². The van der Waals surface area contributed by atoms with Crippen molar-refractivity contribution in [2.45, 2.75) is 57.6 Å². The number of rotatable bonds is 7. The van der Waals surface area contributed by atoms with Crippen molar-refractivity contribution in [2.24, 2.45) is 0 Å². The first kappa shape index (κ1) is 18.2. The fourth-order valence-corrected chi connectivity index (χ4v) is 2.96. The van der Waals surface area contributed by atoms with Gasteiger partial charge in [-0.25, -0.2) is 0 Å². The molecule has 0 heterocycles. The Kier molecular flexibility index (Phi) is 6.88. The lowest BCUT2D eigenvalue weighted by Gasteiger charge is -2.20. The van der Waals surface area contributed by atoms with E-state index in [9.17, 15) is 4.21 Å². The molecule has 21 heavy (non-hydrogen) atoms. The van der Waals surface area contributed by atoms with Crippen molar-refractivity contribution < 1.29 is 8.95 Å². The molecule has 0 radical (unpaired) electrons. The van der Waals surface area contributed by atoms with E-state index in [1.807, 2.05) is 26.8 Å². The van der Waals surface area contributed by atoms with Crippen LogP contribution in [0.25, 0.3) is 0 Å². The Morgan fingerprint density at radius 3 is 2.52 bits per heavy atom. The van der Waals surface area contributed by atoms with Crippen LogP contribution in [0.1, 0.15) is 58.2 Å². The van der Waals surface area contributed by atoms with E-state index in [2.05, 4.69) is 31.3 Å². The van der Waals surface area contributed by atoms with Crippen molar-refractivity contribution in [3.8, 4) is 5.75 Å². The van der Waals surface area contributed by atoms with Crippen molar-refractivity contribution in [1.29, 1.82) is 0 Å². The lowest BCUT2D eigenvalue weighted by molar-refractivity contribution is 0.410. The molecule has 0 saturated heterocycles. The molecule has 1 rings (SSSR count). The summed E-state index contributed by atoms with van der Waals surface area (Å²) in [6.45, 7) is 11.3. The highest BCUT2D eigenvalue weighted by Crippen LogP contribution is 2.27. The SMILES string of the molecule is CCCNC(C)c1ccc(OC)c(CS(=O)C(C)(C)C)c1. The van der Waals surface area contributed by atoms with Crippen LogP contribution in [-0.4, -0.2) is 22.6 Å². The van der Waals surface area contributed by atoms with Crippen LogP contribution >= 0.6 is 0 Å². The van der Waals surface area contributed by atoms with E-state index in [1.54, 1.807) is 7.11 Å². The quantitative estimate of drug-likeness (QED) is 0.832. The zero-order valence-corrected chi connectivity index (χ0v) is 15.0. The first-order valence-electron chi connectivity index (χ1n) is 7.58. The molecule has 0 aliphatic rings. The number of nitrogens with one attached hydrogen (secondary N) is 1. The van der Waals surface area contributed by atoms with Gasteiger partial charge in [0.05, 0.1) is 12.9 Å². The molecule has 2 unspecified atom stereocenters. The maximum atomic E-state index is 12.4. The average Bonchev–Trinajstić information content (AvgIpc) is 2.43. The Balaban J connectivity index is 2.98. The van der Waals surface area contributed by atoms with Gasteiger partial charge in [-0.3, -0.25) is 4.21 Å². The predicted octanol–water partition coefficient (Wildman–Crippen LogP) is 3.80. The molecule has 0 aromatic heterocycles. The summed E-state index contributed by atoms with van der Waals surface area (Å²) in [7, 11) is 0.737. The summed E-state index contributed by atoms with van der Waals surface area (Å²) < 4.78 is 17.6. The van der Waals surface area contributed by atoms with E-state index in [0.29, 0.717) is 5.75 Å². The van der Waals surface area contributed by atoms with Crippen LogP contribution in [0.2, 0.25) is 0 Å². The largest absolute Gasteiger partial charge is 0.496 e. The van der Waals surface area contributed by atoms with Gasteiger partial charge in [0.1, 0.15) is 5.75 Å². The first-order valence-corrected chi connectivity index (χ1v) is 8.90. The van der Waals surface area contributed by atoms with Gasteiger partial charge in [-0.05, 0) is 58.4 Å². The summed E-state index contributed by atoms with van der Waals surface area (Å²) in [5.74, 6) is 1.35. The number of benzene rings is 1. The minimum atomic E-state index is -0.927. The van der Waals surface area contributed by atoms with Crippen LogP contribution in [0.4, 0.5) is 0 Å². The summed E-state index contributed by atoms with van der Waals surface area (Å²) in [4.78, 5) is 0. The summed E-state index contributed by atoms with van der Waals surface area (Å²) in [5, 5.41) is 3.48. The van der Waals surface area contributed by atoms with E-state index in [1.165, 1.54) is 5.56 Å². The minimum Gasteiger partial charge on any atom is -0.496 e. The highest BCUT2D eigenvalue weighted by Gasteiger charge is 2.21. The second kappa shape index (κ2) is 7.95. The van der Waals surface area contributed by atoms with Crippen molar-refractivity contribution in [1.82, 2.24) is 5.32 Å². The van der Waals surface area contributed by atoms with Crippen LogP contribution in [0.3, 0.4) is 0 Å². The second-order valence-corrected chi connectivity index (χ2v) is 8.55. The standard InChI is InChI=1S/C17H29NO2S/c1-7-10-18-13(2)14-8-9-16(20-6)15(11-14)12-21(19)17(3,4)5/h8-9,11,13,18H,7,10,12H2,1-6H3. The molecule has 4 heteroatoms. The van der Waals surface area contributed by atoms with Crippen LogP contribution < -0.4 is 10.1 Å². The third-order valence-electron chi connectivity index (χ3n) is 3.47. The third kappa shape index (κ3) is 5.44. The zero-order chi connectivity index (χ0) is 16.0. The molecule has 0 aliphatic carbocycles. The first-order chi connectivity index (χ1) is 9.79. The molecule has 1 aromatic carbocycles. The van der Waals surface area contributed by atoms with E-state index in [4.69, 9.17) is 4.74 Å². The topological polar surface area (TPSA) is 38.3 Å². The molecule has 0 amide bonds. The monoisotopic (exact) mass is 311 g/mol. The summed E-state index contributed by atoms with van der Waals surface area (Å²) in [6, 6.07) is 6.47. The normalized spacial score (nSPS) is 14.8. The molecule has 3 nitrogen and oxygen atoms in total. The lowest BCUT2D eigenvalue weighted by atomic mass is 10.0. The average molecular weight is 311 g/mol. The third-order valence-corrected chi connectivity index (χ3v) is 5.41. The number of hydrogen-bond acceptors (Lipinski definition) is 3. The molecule has 0 aliphatic heterocycles. The van der Waals surface area contributed by atoms with Crippen LogP contribution in [0.15, 0.2) is 18.2 Å². The molecule has 0 fully saturated rings. The molecule has 0 saturated carbocycles. The Morgan fingerprint density at radius 2 is 2.00 bits per heavy atom. The maximum absolute atomic E-state index is 12.4. The molecule has 0 bridgehead atoms. The van der Waals surface area contributed by atoms with Gasteiger partial charge in [0.25, 0.3) is 0 Å². The summed E-state index contributed by atoms with van der Waals surface area (Å²) in [5.41, 5.74) is 2.23. The van der Waals surface area contributed by atoms with Crippen molar-refractivity contribution in [3.05, 3.63) is 29.3 Å². The fraction of sp³-hybridized carbons (Fsp3) is 0.647. The predicted molar refractivity (Wildman–Crippen MR) is 91.3 cm³/mol. The number of hydrogen-bond donors (Lipinski definition) is 1. The van der Waals surface area contributed by atoms with Crippen molar-refractivity contribution in [2.75, 3.05) is 13.7 Å². The van der Waals surface area contributed by atoms with Crippen LogP contribution in [0.5, 0.6) is 5.75 Å². The van der Waals surface area contributed by atoms with Gasteiger partial charge in [-0.15, -0.1) is 0 Å². The van der Waals surface area contributed by atoms with Gasteiger partial charge in [0.2, 0.25) is 0 Å². The Morgan fingerprint density at radius 1 is 1.33 bits per heavy atom. The van der Waals surface area contributed by atoms with Gasteiger partial charge < -0.3 is 10.1 Å². The summed E-state index contributed by atoms with van der Waals surface area (Å²) >= 11 is 0. The Hall–Kier alpha value is -0.870. The maximum Gasteiger partial charge on any atom is 0.123 e. The molecular weight excluding hydrogens is 282 g/mol. The lowest BCUT2D eigenvalue weighted by Crippen LogP contribution is -2.23. The van der Waals surface area contributed by atoms with Gasteiger partial charge in [-0.2, -0.15) is 0 Å². The van der Waals surface area contributed by atoms with Gasteiger partial charge >= 0.3 is 0 Å². The number of ether oxygens (including phenoxy) is 1. The molecule has 1 aromatic rings. The Labute approximate surface area is 131 Å². The van der Waals surface area contributed by atoms with Crippen LogP contribution in [0, 0.1) is 0 Å². The zero-order valence-electron chi connectivity index (χ0n) is 14.2. The molecule has 2 atom stereocenters. The van der Waals surface area contributed by atoms with Crippen molar-refractivity contribution in [3.63, 3.8) is 0 Å². The van der Waals surface area contributed by atoms with Gasteiger partial charge in [-0.1, -0.05) is 13.0 Å². The van der Waals surface area contributed by atoms with E-state index in [-0.39, 0.29) is 10.8 Å². The number of methoxy groups -OCH3 is 1. The minimum absolute atomic E-state index is 0.215. The highest BCUT2D eigenvalue weighted by molar-refractivity contribution is 7.85. The summed E-state index contributed by atoms with van der Waals surface area (Å²) in [6.07, 6.45) is 1.11. The van der Waals surface area contributed by atoms with Crippen molar-refractivity contribution >= 4 is 10.8 Å². The highest BCUT2D eigenvalue weighted by atomic mass is 32.2. The molecular formula is C17H29NO2S. The second-order valence-electron chi connectivity index (χ2n) is 6.35. The van der Waals surface area contributed by atoms with E-state index in [0.717, 1.165) is 24.3 Å². The van der Waals surface area contributed by atoms with Gasteiger partial charge in [0, 0.05) is 27.2 Å². The van der Waals surface area contributed by atoms with Gasteiger partial charge in [0.15, 0.2) is 0 Å². The molecule has 120 valence electrons. The smallest absolute Gasteiger partial charge is 0.123 e. The van der Waals surface area contributed by atoms with Crippen LogP contribution in [-0.2, 0) is 16.6 Å². The molecule has 0 spiro atoms. The molecule has 1 N–H and O–H groups in total. The Bertz CT molecular complexity index is 480. The van der Waals surface area contributed by atoms with E-state index < -0.39 is 10.8 Å². The fourth-order valence-electron chi connectivity index (χ4n) is 2.02.